The molecule has 18 heavy (non-hydrogen) atoms. The maximum atomic E-state index is 12.2. The Labute approximate surface area is 110 Å². The van der Waals surface area contributed by atoms with E-state index in [9.17, 15) is 26.3 Å². The lowest BCUT2D eigenvalue weighted by molar-refractivity contribution is -0.275. The Kier molecular flexibility index (Phi) is 4.31. The Hall–Kier alpha value is -0.770. The van der Waals surface area contributed by atoms with Crippen LogP contribution in [-0.2, 0) is 0 Å². The molecule has 0 spiro atoms. The van der Waals surface area contributed by atoms with Crippen molar-refractivity contribution in [2.45, 2.75) is 16.8 Å². The van der Waals surface area contributed by atoms with Crippen LogP contribution in [0.3, 0.4) is 0 Å². The molecule has 0 aliphatic rings. The molecular weight excluding hydrogens is 352 g/mol. The van der Waals surface area contributed by atoms with Crippen LogP contribution >= 0.6 is 27.7 Å². The van der Waals surface area contributed by atoms with Gasteiger partial charge in [-0.2, -0.15) is 13.2 Å². The van der Waals surface area contributed by atoms with Gasteiger partial charge in [0.1, 0.15) is 0 Å². The molecule has 0 fully saturated rings. The third-order valence-corrected chi connectivity index (χ3v) is 3.29. The van der Waals surface area contributed by atoms with Crippen molar-refractivity contribution in [2.24, 2.45) is 0 Å². The third-order valence-electron chi connectivity index (χ3n) is 1.53. The number of thioether (sulfide) groups is 1. The highest BCUT2D eigenvalue weighted by molar-refractivity contribution is 9.10. The van der Waals surface area contributed by atoms with Crippen molar-refractivity contribution in [3.05, 3.63) is 16.6 Å². The molecule has 0 radical (unpaired) electrons. The average Bonchev–Trinajstić information content (AvgIpc) is 2.14. The highest BCUT2D eigenvalue weighted by Gasteiger charge is 2.37. The molecule has 0 bridgehead atoms. The Bertz CT molecular complexity index is 405. The molecule has 2 N–H and O–H groups in total. The van der Waals surface area contributed by atoms with Crippen molar-refractivity contribution in [1.82, 2.24) is 0 Å². The van der Waals surface area contributed by atoms with Crippen LogP contribution in [0, 0.1) is 0 Å². The second-order valence-electron chi connectivity index (χ2n) is 2.89. The van der Waals surface area contributed by atoms with Crippen molar-refractivity contribution < 1.29 is 31.1 Å². The number of benzene rings is 1. The smallest absolute Gasteiger partial charge is 0.402 e. The fourth-order valence-corrected chi connectivity index (χ4v) is 2.19. The van der Waals surface area contributed by atoms with E-state index in [-0.39, 0.29) is 4.47 Å². The van der Waals surface area contributed by atoms with E-state index in [1.807, 2.05) is 0 Å². The van der Waals surface area contributed by atoms with Gasteiger partial charge in [-0.15, -0.1) is 13.2 Å². The van der Waals surface area contributed by atoms with Crippen molar-refractivity contribution in [1.29, 1.82) is 0 Å². The van der Waals surface area contributed by atoms with Crippen LogP contribution in [0.2, 0.25) is 0 Å². The average molecular weight is 356 g/mol. The summed E-state index contributed by atoms with van der Waals surface area (Å²) < 4.78 is 76.3. The fourth-order valence-electron chi connectivity index (χ4n) is 0.986. The standard InChI is InChI=1S/C8H4BrF6NOS/c9-3-1-2-4(16)5(17-7(10,11)12)6(3)18-8(13,14)15/h1-2H,16H2. The summed E-state index contributed by atoms with van der Waals surface area (Å²) in [4.78, 5) is -0.778. The predicted octanol–water partition coefficient (Wildman–Crippen LogP) is 4.54. The molecular formula is C8H4BrF6NOS. The summed E-state index contributed by atoms with van der Waals surface area (Å²) in [6.07, 6.45) is -5.13. The molecule has 1 rings (SSSR count). The highest BCUT2D eigenvalue weighted by Crippen LogP contribution is 2.48. The van der Waals surface area contributed by atoms with Gasteiger partial charge in [0, 0.05) is 4.47 Å². The summed E-state index contributed by atoms with van der Waals surface area (Å²) in [6, 6.07) is 2.11. The van der Waals surface area contributed by atoms with Crippen molar-refractivity contribution >= 4 is 33.4 Å². The minimum absolute atomic E-state index is 0.196. The normalized spacial score (nSPS) is 12.6. The predicted molar refractivity (Wildman–Crippen MR) is 57.1 cm³/mol. The lowest BCUT2D eigenvalue weighted by Crippen LogP contribution is -2.19. The summed E-state index contributed by atoms with van der Waals surface area (Å²) in [5.74, 6) is -1.07. The Morgan fingerprint density at radius 2 is 1.67 bits per heavy atom. The monoisotopic (exact) mass is 355 g/mol. The van der Waals surface area contributed by atoms with Gasteiger partial charge in [-0.05, 0) is 39.8 Å². The van der Waals surface area contributed by atoms with Gasteiger partial charge in [0.15, 0.2) is 5.75 Å². The van der Waals surface area contributed by atoms with Crippen LogP contribution in [0.25, 0.3) is 0 Å². The minimum Gasteiger partial charge on any atom is -0.402 e. The first kappa shape index (κ1) is 15.3. The summed E-state index contributed by atoms with van der Waals surface area (Å²) in [5.41, 5.74) is -0.114. The van der Waals surface area contributed by atoms with Crippen molar-refractivity contribution in [2.75, 3.05) is 5.73 Å². The minimum atomic E-state index is -5.13. The van der Waals surface area contributed by atoms with E-state index in [1.54, 1.807) is 0 Å². The zero-order valence-corrected chi connectivity index (χ0v) is 10.6. The van der Waals surface area contributed by atoms with Gasteiger partial charge in [-0.3, -0.25) is 0 Å². The zero-order chi connectivity index (χ0) is 14.1. The quantitative estimate of drug-likeness (QED) is 0.480. The van der Waals surface area contributed by atoms with E-state index in [0.29, 0.717) is 0 Å². The van der Waals surface area contributed by atoms with Crippen LogP contribution in [0.5, 0.6) is 5.75 Å². The van der Waals surface area contributed by atoms with Gasteiger partial charge in [-0.1, -0.05) is 0 Å². The number of anilines is 1. The van der Waals surface area contributed by atoms with Crippen molar-refractivity contribution in [3.63, 3.8) is 0 Å². The number of halogens is 7. The van der Waals surface area contributed by atoms with Crippen LogP contribution in [-0.4, -0.2) is 11.9 Å². The first-order valence-corrected chi connectivity index (χ1v) is 5.70. The van der Waals surface area contributed by atoms with E-state index >= 15 is 0 Å². The van der Waals surface area contributed by atoms with Crippen LogP contribution in [0.1, 0.15) is 0 Å². The molecule has 0 heterocycles. The van der Waals surface area contributed by atoms with Gasteiger partial charge >= 0.3 is 11.9 Å². The molecule has 0 atom stereocenters. The molecule has 0 aliphatic carbocycles. The Morgan fingerprint density at radius 1 is 1.11 bits per heavy atom. The molecule has 1 aromatic rings. The third kappa shape index (κ3) is 4.48. The first-order chi connectivity index (χ1) is 7.99. The fraction of sp³-hybridized carbons (Fsp3) is 0.250. The highest BCUT2D eigenvalue weighted by atomic mass is 79.9. The second-order valence-corrected chi connectivity index (χ2v) is 4.82. The number of alkyl halides is 6. The molecule has 0 aromatic heterocycles. The SMILES string of the molecule is Nc1ccc(Br)c(SC(F)(F)F)c1OC(F)(F)F. The van der Waals surface area contributed by atoms with Gasteiger partial charge in [0.25, 0.3) is 0 Å². The number of hydrogen-bond donors (Lipinski definition) is 1. The molecule has 0 saturated heterocycles. The van der Waals surface area contributed by atoms with E-state index < -0.39 is 40.0 Å². The molecule has 102 valence electrons. The van der Waals surface area contributed by atoms with Crippen LogP contribution < -0.4 is 10.5 Å². The number of hydrogen-bond acceptors (Lipinski definition) is 3. The Balaban J connectivity index is 3.25. The molecule has 10 heteroatoms. The molecule has 0 saturated carbocycles. The molecule has 0 amide bonds. The number of nitrogen functional groups attached to an aromatic ring is 1. The topological polar surface area (TPSA) is 35.2 Å². The summed E-state index contributed by atoms with van der Waals surface area (Å²) in [5, 5.41) is 0. The van der Waals surface area contributed by atoms with Gasteiger partial charge in [0.05, 0.1) is 10.6 Å². The van der Waals surface area contributed by atoms with Gasteiger partial charge in [0.2, 0.25) is 0 Å². The second kappa shape index (κ2) is 5.08. The molecule has 0 unspecified atom stereocenters. The number of rotatable bonds is 2. The van der Waals surface area contributed by atoms with Crippen molar-refractivity contribution in [3.8, 4) is 5.75 Å². The lowest BCUT2D eigenvalue weighted by atomic mass is 10.3. The van der Waals surface area contributed by atoms with Gasteiger partial charge < -0.3 is 10.5 Å². The first-order valence-electron chi connectivity index (χ1n) is 4.09. The summed E-state index contributed by atoms with van der Waals surface area (Å²) >= 11 is 1.97. The maximum Gasteiger partial charge on any atom is 0.573 e. The number of nitrogens with two attached hydrogens (primary N) is 1. The molecule has 2 nitrogen and oxygen atoms in total. The number of ether oxygens (including phenoxy) is 1. The van der Waals surface area contributed by atoms with E-state index in [2.05, 4.69) is 20.7 Å². The summed E-state index contributed by atoms with van der Waals surface area (Å²) in [7, 11) is 0. The molecule has 1 aromatic carbocycles. The lowest BCUT2D eigenvalue weighted by Gasteiger charge is -2.17. The zero-order valence-electron chi connectivity index (χ0n) is 8.19. The van der Waals surface area contributed by atoms with Crippen LogP contribution in [0.4, 0.5) is 32.0 Å². The van der Waals surface area contributed by atoms with E-state index in [4.69, 9.17) is 5.73 Å². The van der Waals surface area contributed by atoms with Gasteiger partial charge in [-0.25, -0.2) is 0 Å². The van der Waals surface area contributed by atoms with E-state index in [1.165, 1.54) is 0 Å². The molecule has 0 aliphatic heterocycles. The van der Waals surface area contributed by atoms with Crippen LogP contribution in [0.15, 0.2) is 21.5 Å². The largest absolute Gasteiger partial charge is 0.573 e. The maximum absolute atomic E-state index is 12.2. The Morgan fingerprint density at radius 3 is 2.11 bits per heavy atom. The summed E-state index contributed by atoms with van der Waals surface area (Å²) in [6.45, 7) is 0. The van der Waals surface area contributed by atoms with E-state index in [0.717, 1.165) is 12.1 Å².